The molecule has 1 saturated heterocycles. The van der Waals surface area contributed by atoms with Gasteiger partial charge in [0, 0.05) is 38.6 Å². The molecule has 154 valence electrons. The number of carbonyl (C=O) groups is 1. The molecule has 3 heterocycles. The number of hydrogen-bond acceptors (Lipinski definition) is 7. The summed E-state index contributed by atoms with van der Waals surface area (Å²) in [5.41, 5.74) is 1.02. The van der Waals surface area contributed by atoms with Crippen LogP contribution in [0.15, 0.2) is 36.8 Å². The number of para-hydroxylation sites is 1. The molecule has 7 nitrogen and oxygen atoms in total. The van der Waals surface area contributed by atoms with Crippen LogP contribution in [-0.2, 0) is 4.74 Å². The predicted molar refractivity (Wildman–Crippen MR) is 117 cm³/mol. The zero-order valence-corrected chi connectivity index (χ0v) is 18.0. The molecule has 3 aromatic rings. The second kappa shape index (κ2) is 10.3. The van der Waals surface area contributed by atoms with E-state index >= 15 is 0 Å². The molecule has 0 radical (unpaired) electrons. The number of benzene rings is 1. The minimum absolute atomic E-state index is 0. The molecule has 2 aromatic heterocycles. The molecule has 1 aromatic carbocycles. The number of aromatic nitrogens is 3. The summed E-state index contributed by atoms with van der Waals surface area (Å²) in [4.78, 5) is 30.0. The first-order valence-corrected chi connectivity index (χ1v) is 10.3. The predicted octanol–water partition coefficient (Wildman–Crippen LogP) is 3.53. The Kier molecular flexibility index (Phi) is 7.74. The van der Waals surface area contributed by atoms with Gasteiger partial charge >= 0.3 is 0 Å². The standard InChI is InChI=1S/C19H20ClN5O2S.ClH/c20-14-3-1-4-16-17(14)23-19(28-16)25(18(26)15-13-21-5-6-22-15)8-2-7-24-9-11-27-12-10-24;/h1,3-6,13H,2,7-12H2;1H. The fraction of sp³-hybridized carbons (Fsp3) is 0.368. The fourth-order valence-electron chi connectivity index (χ4n) is 3.13. The maximum atomic E-state index is 13.1. The summed E-state index contributed by atoms with van der Waals surface area (Å²) < 4.78 is 6.35. The lowest BCUT2D eigenvalue weighted by Crippen LogP contribution is -2.39. The Morgan fingerprint density at radius 3 is 2.83 bits per heavy atom. The molecule has 1 fully saturated rings. The summed E-state index contributed by atoms with van der Waals surface area (Å²) >= 11 is 7.73. The van der Waals surface area contributed by atoms with Crippen molar-refractivity contribution in [1.82, 2.24) is 19.9 Å². The Morgan fingerprint density at radius 1 is 1.28 bits per heavy atom. The summed E-state index contributed by atoms with van der Waals surface area (Å²) in [6, 6.07) is 5.65. The molecule has 0 saturated carbocycles. The number of halogens is 2. The number of fused-ring (bicyclic) bond motifs is 1. The first-order valence-electron chi connectivity index (χ1n) is 9.15. The molecule has 29 heavy (non-hydrogen) atoms. The molecule has 0 bridgehead atoms. The van der Waals surface area contributed by atoms with Crippen molar-refractivity contribution in [2.75, 3.05) is 44.3 Å². The van der Waals surface area contributed by atoms with E-state index in [1.165, 1.54) is 23.7 Å². The Bertz CT molecular complexity index is 950. The number of hydrogen-bond donors (Lipinski definition) is 0. The number of carbonyl (C=O) groups excluding carboxylic acids is 1. The van der Waals surface area contributed by atoms with Crippen molar-refractivity contribution in [3.8, 4) is 0 Å². The second-order valence-corrected chi connectivity index (χ2v) is 7.85. The fourth-order valence-corrected chi connectivity index (χ4v) is 4.42. The van der Waals surface area contributed by atoms with E-state index in [4.69, 9.17) is 16.3 Å². The third kappa shape index (κ3) is 5.21. The highest BCUT2D eigenvalue weighted by molar-refractivity contribution is 7.22. The van der Waals surface area contributed by atoms with E-state index in [9.17, 15) is 4.79 Å². The number of morpholine rings is 1. The van der Waals surface area contributed by atoms with Gasteiger partial charge in [-0.1, -0.05) is 29.0 Å². The summed E-state index contributed by atoms with van der Waals surface area (Å²) in [6.45, 7) is 4.82. The number of anilines is 1. The summed E-state index contributed by atoms with van der Waals surface area (Å²) in [5, 5.41) is 1.21. The topological polar surface area (TPSA) is 71.5 Å². The van der Waals surface area contributed by atoms with E-state index in [1.807, 2.05) is 12.1 Å². The van der Waals surface area contributed by atoms with Crippen LogP contribution in [0.4, 0.5) is 5.13 Å². The van der Waals surface area contributed by atoms with Crippen molar-refractivity contribution in [3.63, 3.8) is 0 Å². The molecule has 0 N–H and O–H groups in total. The van der Waals surface area contributed by atoms with E-state index in [0.29, 0.717) is 27.9 Å². The van der Waals surface area contributed by atoms with Crippen LogP contribution in [0.2, 0.25) is 5.02 Å². The lowest BCUT2D eigenvalue weighted by atomic mass is 10.3. The molecule has 0 aliphatic carbocycles. The largest absolute Gasteiger partial charge is 0.379 e. The highest BCUT2D eigenvalue weighted by Gasteiger charge is 2.23. The van der Waals surface area contributed by atoms with Gasteiger partial charge in [-0.15, -0.1) is 12.4 Å². The smallest absolute Gasteiger partial charge is 0.280 e. The van der Waals surface area contributed by atoms with Crippen molar-refractivity contribution in [2.24, 2.45) is 0 Å². The van der Waals surface area contributed by atoms with Gasteiger partial charge in [0.15, 0.2) is 5.13 Å². The van der Waals surface area contributed by atoms with Crippen molar-refractivity contribution in [2.45, 2.75) is 6.42 Å². The Morgan fingerprint density at radius 2 is 2.10 bits per heavy atom. The third-order valence-corrected chi connectivity index (χ3v) is 5.93. The molecule has 1 aliphatic rings. The van der Waals surface area contributed by atoms with Crippen molar-refractivity contribution >= 4 is 56.6 Å². The van der Waals surface area contributed by atoms with Crippen LogP contribution in [0.1, 0.15) is 16.9 Å². The van der Waals surface area contributed by atoms with Gasteiger partial charge in [-0.3, -0.25) is 19.6 Å². The molecule has 0 atom stereocenters. The van der Waals surface area contributed by atoms with Crippen LogP contribution in [0.25, 0.3) is 10.2 Å². The average Bonchev–Trinajstić information content (AvgIpc) is 3.17. The molecule has 0 unspecified atom stereocenters. The van der Waals surface area contributed by atoms with Gasteiger partial charge in [0.2, 0.25) is 0 Å². The van der Waals surface area contributed by atoms with E-state index < -0.39 is 0 Å². The molecule has 4 rings (SSSR count). The lowest BCUT2D eigenvalue weighted by molar-refractivity contribution is 0.0376. The molecule has 1 aliphatic heterocycles. The number of thiazole rings is 1. The van der Waals surface area contributed by atoms with Gasteiger partial charge in [0.25, 0.3) is 5.91 Å². The summed E-state index contributed by atoms with van der Waals surface area (Å²) in [6.07, 6.45) is 5.39. The average molecular weight is 454 g/mol. The molecule has 10 heteroatoms. The maximum absolute atomic E-state index is 13.1. The van der Waals surface area contributed by atoms with E-state index in [1.54, 1.807) is 17.2 Å². The van der Waals surface area contributed by atoms with Gasteiger partial charge in [0.05, 0.1) is 29.1 Å². The highest BCUT2D eigenvalue weighted by atomic mass is 35.5. The van der Waals surface area contributed by atoms with Crippen molar-refractivity contribution in [1.29, 1.82) is 0 Å². The number of ether oxygens (including phenoxy) is 1. The first kappa shape index (κ1) is 21.9. The first-order chi connectivity index (χ1) is 13.7. The summed E-state index contributed by atoms with van der Waals surface area (Å²) in [5.74, 6) is -0.203. The Hall–Kier alpha value is -1.84. The minimum Gasteiger partial charge on any atom is -0.379 e. The van der Waals surface area contributed by atoms with Gasteiger partial charge in [-0.05, 0) is 18.6 Å². The van der Waals surface area contributed by atoms with Crippen LogP contribution in [0.3, 0.4) is 0 Å². The van der Waals surface area contributed by atoms with Crippen molar-refractivity contribution in [3.05, 3.63) is 47.5 Å². The van der Waals surface area contributed by atoms with Crippen LogP contribution in [0.5, 0.6) is 0 Å². The molecular formula is C19H21Cl2N5O2S. The van der Waals surface area contributed by atoms with Gasteiger partial charge in [-0.25, -0.2) is 9.97 Å². The number of nitrogens with zero attached hydrogens (tertiary/aromatic N) is 5. The zero-order chi connectivity index (χ0) is 19.3. The van der Waals surface area contributed by atoms with Crippen LogP contribution in [0, 0.1) is 0 Å². The molecular weight excluding hydrogens is 433 g/mol. The number of rotatable bonds is 6. The van der Waals surface area contributed by atoms with Crippen LogP contribution >= 0.6 is 35.3 Å². The minimum atomic E-state index is -0.203. The third-order valence-electron chi connectivity index (χ3n) is 4.58. The monoisotopic (exact) mass is 453 g/mol. The van der Waals surface area contributed by atoms with E-state index in [-0.39, 0.29) is 18.3 Å². The van der Waals surface area contributed by atoms with Gasteiger partial charge < -0.3 is 4.74 Å². The zero-order valence-electron chi connectivity index (χ0n) is 15.7. The van der Waals surface area contributed by atoms with Gasteiger partial charge in [-0.2, -0.15) is 0 Å². The van der Waals surface area contributed by atoms with E-state index in [2.05, 4.69) is 19.9 Å². The van der Waals surface area contributed by atoms with E-state index in [0.717, 1.165) is 44.0 Å². The van der Waals surface area contributed by atoms with Crippen LogP contribution in [-0.4, -0.2) is 65.2 Å². The molecule has 1 amide bonds. The maximum Gasteiger partial charge on any atom is 0.280 e. The van der Waals surface area contributed by atoms with Crippen LogP contribution < -0.4 is 4.90 Å². The Labute approximate surface area is 184 Å². The highest BCUT2D eigenvalue weighted by Crippen LogP contribution is 2.33. The Balaban J connectivity index is 0.00000240. The van der Waals surface area contributed by atoms with Crippen molar-refractivity contribution < 1.29 is 9.53 Å². The lowest BCUT2D eigenvalue weighted by Gasteiger charge is -2.27. The summed E-state index contributed by atoms with van der Waals surface area (Å²) in [7, 11) is 0. The second-order valence-electron chi connectivity index (χ2n) is 6.44. The van der Waals surface area contributed by atoms with Gasteiger partial charge in [0.1, 0.15) is 11.2 Å². The SMILES string of the molecule is Cl.O=C(c1cnccn1)N(CCCN1CCOCC1)c1nc2c(Cl)cccc2s1. The number of amides is 1. The molecule has 0 spiro atoms. The quantitative estimate of drug-likeness (QED) is 0.568. The normalized spacial score (nSPS) is 14.5.